The minimum Gasteiger partial charge on any atom is -0.335 e. The van der Waals surface area contributed by atoms with Crippen LogP contribution in [0.5, 0.6) is 0 Å². The van der Waals surface area contributed by atoms with Gasteiger partial charge in [0.1, 0.15) is 5.69 Å². The third kappa shape index (κ3) is 3.10. The van der Waals surface area contributed by atoms with Crippen molar-refractivity contribution < 1.29 is 13.2 Å². The number of fused-ring (bicyclic) bond motifs is 2. The molecule has 0 atom stereocenters. The Kier molecular flexibility index (Phi) is 4.44. The fourth-order valence-corrected chi connectivity index (χ4v) is 5.32. The molecule has 0 spiro atoms. The van der Waals surface area contributed by atoms with Gasteiger partial charge in [0.2, 0.25) is 10.0 Å². The summed E-state index contributed by atoms with van der Waals surface area (Å²) >= 11 is 0. The molecule has 1 saturated heterocycles. The summed E-state index contributed by atoms with van der Waals surface area (Å²) in [6, 6.07) is 9.16. The van der Waals surface area contributed by atoms with E-state index >= 15 is 0 Å². The van der Waals surface area contributed by atoms with Crippen molar-refractivity contribution in [3.05, 3.63) is 54.0 Å². The highest BCUT2D eigenvalue weighted by atomic mass is 32.2. The first-order chi connectivity index (χ1) is 14.4. The van der Waals surface area contributed by atoms with Gasteiger partial charge < -0.3 is 10.2 Å². The lowest BCUT2D eigenvalue weighted by Crippen LogP contribution is -2.46. The number of piperazine rings is 1. The highest BCUT2D eigenvalue weighted by molar-refractivity contribution is 7.92. The van der Waals surface area contributed by atoms with E-state index in [0.29, 0.717) is 30.0 Å². The van der Waals surface area contributed by atoms with Crippen molar-refractivity contribution in [1.29, 1.82) is 0 Å². The number of carbonyl (C=O) groups excluding carboxylic acids is 1. The molecule has 30 heavy (non-hydrogen) atoms. The molecule has 1 aromatic carbocycles. The maximum Gasteiger partial charge on any atom is 0.272 e. The Morgan fingerprint density at radius 1 is 1.10 bits per heavy atom. The van der Waals surface area contributed by atoms with Crippen molar-refractivity contribution in [2.75, 3.05) is 37.5 Å². The zero-order valence-electron chi connectivity index (χ0n) is 16.5. The van der Waals surface area contributed by atoms with E-state index in [-0.39, 0.29) is 11.7 Å². The molecule has 1 N–H and O–H groups in total. The van der Waals surface area contributed by atoms with E-state index in [4.69, 9.17) is 0 Å². The highest BCUT2D eigenvalue weighted by Gasteiger charge is 2.30. The number of nitrogens with one attached hydrogen (secondary N) is 1. The molecular weight excluding hydrogens is 402 g/mol. The molecule has 1 fully saturated rings. The average molecular weight is 423 g/mol. The molecule has 4 heterocycles. The van der Waals surface area contributed by atoms with E-state index in [1.54, 1.807) is 25.5 Å². The number of benzene rings is 1. The fraction of sp³-hybridized carbons (Fsp3) is 0.286. The molecule has 3 aromatic rings. The monoisotopic (exact) mass is 423 g/mol. The van der Waals surface area contributed by atoms with Crippen LogP contribution < -0.4 is 9.62 Å². The zero-order valence-corrected chi connectivity index (χ0v) is 17.3. The number of hydrogen-bond acceptors (Lipinski definition) is 6. The minimum absolute atomic E-state index is 0.0228. The van der Waals surface area contributed by atoms with Crippen molar-refractivity contribution in [3.63, 3.8) is 0 Å². The molecule has 0 unspecified atom stereocenters. The molecule has 5 rings (SSSR count). The molecule has 0 radical (unpaired) electrons. The lowest BCUT2D eigenvalue weighted by Gasteiger charge is -2.27. The fourth-order valence-electron chi connectivity index (χ4n) is 4.02. The Bertz CT molecular complexity index is 1270. The van der Waals surface area contributed by atoms with E-state index < -0.39 is 10.0 Å². The molecule has 0 saturated carbocycles. The maximum atomic E-state index is 12.9. The number of hydrogen-bond donors (Lipinski definition) is 1. The second kappa shape index (κ2) is 7.03. The van der Waals surface area contributed by atoms with Gasteiger partial charge in [-0.05, 0) is 35.4 Å². The van der Waals surface area contributed by atoms with E-state index in [1.807, 2.05) is 29.2 Å². The molecule has 2 aliphatic heterocycles. The SMILES string of the molecule is CN1c2ccc(-c3cncc4ccc(C(=O)N5CCNCC5)nc34)cc2CS1(=O)=O. The largest absolute Gasteiger partial charge is 0.335 e. The molecule has 0 bridgehead atoms. The third-order valence-corrected chi connectivity index (χ3v) is 7.41. The van der Waals surface area contributed by atoms with Gasteiger partial charge in [0.25, 0.3) is 5.91 Å². The van der Waals surface area contributed by atoms with Crippen LogP contribution in [0.1, 0.15) is 16.1 Å². The van der Waals surface area contributed by atoms with Crippen molar-refractivity contribution in [2.24, 2.45) is 0 Å². The highest BCUT2D eigenvalue weighted by Crippen LogP contribution is 2.36. The Hall–Kier alpha value is -3.04. The van der Waals surface area contributed by atoms with Crippen molar-refractivity contribution in [1.82, 2.24) is 20.2 Å². The summed E-state index contributed by atoms with van der Waals surface area (Å²) in [5.74, 6) is -0.103. The minimum atomic E-state index is -3.31. The Morgan fingerprint density at radius 2 is 1.90 bits per heavy atom. The summed E-state index contributed by atoms with van der Waals surface area (Å²) in [5.41, 5.74) is 4.13. The standard InChI is InChI=1S/C21H21N5O3S/c1-25-19-5-3-14(10-16(19)13-30(25,28)29)17-12-23-11-15-2-4-18(24-20(15)17)21(27)26-8-6-22-7-9-26/h2-5,10-12,22H,6-9,13H2,1H3. The molecule has 154 valence electrons. The molecule has 1 amide bonds. The van der Waals surface area contributed by atoms with Gasteiger partial charge in [-0.15, -0.1) is 0 Å². The van der Waals surface area contributed by atoms with Crippen LogP contribution in [0.15, 0.2) is 42.7 Å². The van der Waals surface area contributed by atoms with Gasteiger partial charge >= 0.3 is 0 Å². The lowest BCUT2D eigenvalue weighted by molar-refractivity contribution is 0.0730. The van der Waals surface area contributed by atoms with Crippen LogP contribution in [0.4, 0.5) is 5.69 Å². The number of rotatable bonds is 2. The van der Waals surface area contributed by atoms with Gasteiger partial charge in [-0.1, -0.05) is 6.07 Å². The quantitative estimate of drug-likeness (QED) is 0.673. The molecular formula is C21H21N5O3S. The molecule has 2 aliphatic rings. The summed E-state index contributed by atoms with van der Waals surface area (Å²) in [6.45, 7) is 2.88. The smallest absolute Gasteiger partial charge is 0.272 e. The van der Waals surface area contributed by atoms with Crippen LogP contribution in [0, 0.1) is 0 Å². The number of pyridine rings is 2. The first-order valence-electron chi connectivity index (χ1n) is 9.79. The van der Waals surface area contributed by atoms with Gasteiger partial charge in [-0.3, -0.25) is 14.1 Å². The number of nitrogens with zero attached hydrogens (tertiary/aromatic N) is 4. The maximum absolute atomic E-state index is 12.9. The van der Waals surface area contributed by atoms with Crippen LogP contribution >= 0.6 is 0 Å². The van der Waals surface area contributed by atoms with Crippen LogP contribution in [-0.2, 0) is 15.8 Å². The predicted octanol–water partition coefficient (Wildman–Crippen LogP) is 1.62. The normalized spacial score (nSPS) is 17.9. The van der Waals surface area contributed by atoms with Crippen LogP contribution in [0.3, 0.4) is 0 Å². The molecule has 0 aliphatic carbocycles. The average Bonchev–Trinajstić information content (AvgIpc) is 3.00. The molecule has 9 heteroatoms. The Labute approximate surface area is 174 Å². The number of carbonyl (C=O) groups is 1. The van der Waals surface area contributed by atoms with Crippen LogP contribution in [0.2, 0.25) is 0 Å². The van der Waals surface area contributed by atoms with Gasteiger partial charge in [0.05, 0.1) is 17.0 Å². The first kappa shape index (κ1) is 19.0. The summed E-state index contributed by atoms with van der Waals surface area (Å²) in [6.07, 6.45) is 3.43. The van der Waals surface area contributed by atoms with E-state index in [2.05, 4.69) is 15.3 Å². The van der Waals surface area contributed by atoms with Crippen molar-refractivity contribution in [3.8, 4) is 11.1 Å². The molecule has 2 aromatic heterocycles. The van der Waals surface area contributed by atoms with E-state index in [1.165, 1.54) is 4.31 Å². The zero-order chi connectivity index (χ0) is 20.9. The van der Waals surface area contributed by atoms with Crippen molar-refractivity contribution >= 4 is 32.5 Å². The van der Waals surface area contributed by atoms with Gasteiger partial charge in [-0.25, -0.2) is 13.4 Å². The number of anilines is 1. The third-order valence-electron chi connectivity index (χ3n) is 5.71. The molecule has 8 nitrogen and oxygen atoms in total. The van der Waals surface area contributed by atoms with Crippen LogP contribution in [-0.4, -0.2) is 62.4 Å². The van der Waals surface area contributed by atoms with Gasteiger partial charge in [0.15, 0.2) is 0 Å². The predicted molar refractivity (Wildman–Crippen MR) is 115 cm³/mol. The number of aromatic nitrogens is 2. The van der Waals surface area contributed by atoms with Gasteiger partial charge in [-0.2, -0.15) is 0 Å². The lowest BCUT2D eigenvalue weighted by atomic mass is 10.0. The second-order valence-electron chi connectivity index (χ2n) is 7.56. The first-order valence-corrected chi connectivity index (χ1v) is 11.4. The summed E-state index contributed by atoms with van der Waals surface area (Å²) in [7, 11) is -1.74. The summed E-state index contributed by atoms with van der Waals surface area (Å²) in [4.78, 5) is 23.7. The summed E-state index contributed by atoms with van der Waals surface area (Å²) < 4.78 is 25.7. The number of amides is 1. The number of sulfonamides is 1. The van der Waals surface area contributed by atoms with E-state index in [9.17, 15) is 13.2 Å². The van der Waals surface area contributed by atoms with Gasteiger partial charge in [0, 0.05) is 56.6 Å². The van der Waals surface area contributed by atoms with E-state index in [0.717, 1.165) is 35.2 Å². The van der Waals surface area contributed by atoms with Crippen LogP contribution in [0.25, 0.3) is 22.0 Å². The second-order valence-corrected chi connectivity index (χ2v) is 9.56. The Balaban J connectivity index is 1.58. The Morgan fingerprint density at radius 3 is 2.70 bits per heavy atom. The topological polar surface area (TPSA) is 95.5 Å². The van der Waals surface area contributed by atoms with Crippen molar-refractivity contribution in [2.45, 2.75) is 5.75 Å². The summed E-state index contributed by atoms with van der Waals surface area (Å²) in [5, 5.41) is 4.07.